The average molecular weight is 441 g/mol. The molecule has 1 fully saturated rings. The van der Waals surface area contributed by atoms with Crippen LogP contribution in [0.25, 0.3) is 6.08 Å². The van der Waals surface area contributed by atoms with E-state index in [9.17, 15) is 9.59 Å². The number of benzene rings is 2. The van der Waals surface area contributed by atoms with Gasteiger partial charge in [0.15, 0.2) is 17.2 Å². The van der Waals surface area contributed by atoms with Crippen LogP contribution in [0.1, 0.15) is 30.9 Å². The Hall–Kier alpha value is -3.32. The van der Waals surface area contributed by atoms with Gasteiger partial charge in [-0.3, -0.25) is 4.79 Å². The smallest absolute Gasteiger partial charge is 0.363 e. The summed E-state index contributed by atoms with van der Waals surface area (Å²) < 4.78 is 16.2. The van der Waals surface area contributed by atoms with E-state index in [0.29, 0.717) is 40.7 Å². The van der Waals surface area contributed by atoms with Gasteiger partial charge >= 0.3 is 5.97 Å². The summed E-state index contributed by atoms with van der Waals surface area (Å²) in [6, 6.07) is 10.6. The van der Waals surface area contributed by atoms with E-state index < -0.39 is 5.97 Å². The number of esters is 1. The zero-order chi connectivity index (χ0) is 22.0. The molecule has 0 unspecified atom stereocenters. The maximum absolute atomic E-state index is 12.3. The first-order valence-electron chi connectivity index (χ1n) is 9.94. The summed E-state index contributed by atoms with van der Waals surface area (Å²) in [5.41, 5.74) is 2.25. The third kappa shape index (κ3) is 4.27. The molecule has 2 aliphatic rings. The van der Waals surface area contributed by atoms with E-state index in [-0.39, 0.29) is 17.5 Å². The van der Waals surface area contributed by atoms with Gasteiger partial charge in [-0.15, -0.1) is 0 Å². The molecule has 1 amide bonds. The lowest BCUT2D eigenvalue weighted by atomic mass is 10.1. The van der Waals surface area contributed by atoms with E-state index in [4.69, 9.17) is 25.8 Å². The largest absolute Gasteiger partial charge is 0.493 e. The molecule has 2 aliphatic heterocycles. The molecule has 2 heterocycles. The van der Waals surface area contributed by atoms with Crippen molar-refractivity contribution in [2.24, 2.45) is 4.99 Å². The van der Waals surface area contributed by atoms with Crippen molar-refractivity contribution in [3.05, 3.63) is 58.2 Å². The second-order valence-corrected chi connectivity index (χ2v) is 7.41. The lowest BCUT2D eigenvalue weighted by Crippen LogP contribution is -2.23. The molecule has 0 N–H and O–H groups in total. The van der Waals surface area contributed by atoms with Gasteiger partial charge in [-0.2, -0.15) is 0 Å². The van der Waals surface area contributed by atoms with Crippen LogP contribution in [0.3, 0.4) is 0 Å². The second-order valence-electron chi connectivity index (χ2n) is 7.00. The predicted molar refractivity (Wildman–Crippen MR) is 118 cm³/mol. The molecule has 1 saturated heterocycles. The number of hydrogen-bond donors (Lipinski definition) is 0. The van der Waals surface area contributed by atoms with Gasteiger partial charge in [-0.05, 0) is 61.4 Å². The van der Waals surface area contributed by atoms with Crippen LogP contribution in [-0.2, 0) is 14.3 Å². The summed E-state index contributed by atoms with van der Waals surface area (Å²) >= 11 is 6.30. The van der Waals surface area contributed by atoms with Crippen molar-refractivity contribution >= 4 is 41.1 Å². The molecular formula is C23H21ClN2O5. The third-order valence-electron chi connectivity index (χ3n) is 4.96. The normalized spacial score (nSPS) is 17.2. The number of aliphatic imine (C=N–C) groups is 1. The van der Waals surface area contributed by atoms with Crippen LogP contribution in [0.4, 0.5) is 5.69 Å². The molecule has 160 valence electrons. The highest BCUT2D eigenvalue weighted by Gasteiger charge is 2.26. The van der Waals surface area contributed by atoms with Crippen molar-refractivity contribution in [2.75, 3.05) is 25.2 Å². The SMILES string of the molecule is CCOc1c(Cl)cc(/C=C2\N=C(c3ccc(N4CCCC4=O)cc3)OC2=O)cc1OC. The Bertz CT molecular complexity index is 1090. The van der Waals surface area contributed by atoms with Gasteiger partial charge in [0.1, 0.15) is 0 Å². The molecule has 0 spiro atoms. The summed E-state index contributed by atoms with van der Waals surface area (Å²) in [6.45, 7) is 3.02. The highest BCUT2D eigenvalue weighted by atomic mass is 35.5. The van der Waals surface area contributed by atoms with Crippen LogP contribution in [0.2, 0.25) is 5.02 Å². The standard InChI is InChI=1S/C23H21ClN2O5/c1-3-30-21-17(24)11-14(13-19(21)29-2)12-18-23(28)31-22(25-18)15-6-8-16(9-7-15)26-10-4-5-20(26)27/h6-9,11-13H,3-5,10H2,1-2H3/b18-12-. The first kappa shape index (κ1) is 20.9. The maximum Gasteiger partial charge on any atom is 0.363 e. The molecule has 0 saturated carbocycles. The summed E-state index contributed by atoms with van der Waals surface area (Å²) in [5.74, 6) is 0.678. The number of ether oxygens (including phenoxy) is 3. The minimum Gasteiger partial charge on any atom is -0.493 e. The molecule has 0 aliphatic carbocycles. The van der Waals surface area contributed by atoms with Crippen molar-refractivity contribution in [3.8, 4) is 11.5 Å². The summed E-state index contributed by atoms with van der Waals surface area (Å²) in [5, 5.41) is 0.371. The Morgan fingerprint density at radius 3 is 2.65 bits per heavy atom. The van der Waals surface area contributed by atoms with Crippen molar-refractivity contribution in [3.63, 3.8) is 0 Å². The first-order valence-corrected chi connectivity index (χ1v) is 10.3. The van der Waals surface area contributed by atoms with Gasteiger partial charge in [-0.1, -0.05) is 11.6 Å². The van der Waals surface area contributed by atoms with Gasteiger partial charge in [0.25, 0.3) is 0 Å². The van der Waals surface area contributed by atoms with Gasteiger partial charge in [-0.25, -0.2) is 9.79 Å². The van der Waals surface area contributed by atoms with Crippen LogP contribution in [0, 0.1) is 0 Å². The molecule has 0 bridgehead atoms. The number of halogens is 1. The first-order chi connectivity index (χ1) is 15.0. The third-order valence-corrected chi connectivity index (χ3v) is 5.24. The monoisotopic (exact) mass is 440 g/mol. The van der Waals surface area contributed by atoms with Gasteiger partial charge < -0.3 is 19.1 Å². The van der Waals surface area contributed by atoms with Crippen molar-refractivity contribution < 1.29 is 23.8 Å². The molecule has 2 aromatic rings. The highest BCUT2D eigenvalue weighted by molar-refractivity contribution is 6.32. The number of methoxy groups -OCH3 is 1. The summed E-state index contributed by atoms with van der Waals surface area (Å²) in [6.07, 6.45) is 3.01. The molecule has 31 heavy (non-hydrogen) atoms. The fourth-order valence-electron chi connectivity index (χ4n) is 3.50. The van der Waals surface area contributed by atoms with E-state index in [2.05, 4.69) is 4.99 Å². The molecular weight excluding hydrogens is 420 g/mol. The minimum absolute atomic E-state index is 0.118. The van der Waals surface area contributed by atoms with Gasteiger partial charge in [0.2, 0.25) is 11.8 Å². The lowest BCUT2D eigenvalue weighted by Gasteiger charge is -2.15. The summed E-state index contributed by atoms with van der Waals surface area (Å²) in [7, 11) is 1.52. The van der Waals surface area contributed by atoms with E-state index in [1.807, 2.05) is 19.1 Å². The van der Waals surface area contributed by atoms with E-state index in [1.165, 1.54) is 7.11 Å². The number of anilines is 1. The Kier molecular flexibility index (Phi) is 5.95. The Labute approximate surface area is 184 Å². The van der Waals surface area contributed by atoms with Gasteiger partial charge in [0, 0.05) is 24.2 Å². The second kappa shape index (κ2) is 8.81. The number of carbonyl (C=O) groups excluding carboxylic acids is 2. The molecule has 2 aromatic carbocycles. The minimum atomic E-state index is -0.558. The van der Waals surface area contributed by atoms with E-state index in [0.717, 1.165) is 18.7 Å². The fraction of sp³-hybridized carbons (Fsp3) is 0.261. The number of nitrogens with zero attached hydrogens (tertiary/aromatic N) is 2. The van der Waals surface area contributed by atoms with Crippen molar-refractivity contribution in [2.45, 2.75) is 19.8 Å². The maximum atomic E-state index is 12.3. The fourth-order valence-corrected chi connectivity index (χ4v) is 3.78. The van der Waals surface area contributed by atoms with Crippen LogP contribution in [0.15, 0.2) is 47.1 Å². The van der Waals surface area contributed by atoms with Crippen molar-refractivity contribution in [1.29, 1.82) is 0 Å². The number of hydrogen-bond acceptors (Lipinski definition) is 6. The number of rotatable bonds is 6. The zero-order valence-corrected chi connectivity index (χ0v) is 17.9. The Morgan fingerprint density at radius 2 is 2.00 bits per heavy atom. The number of cyclic esters (lactones) is 1. The number of amides is 1. The number of carbonyl (C=O) groups is 2. The van der Waals surface area contributed by atoms with Crippen LogP contribution < -0.4 is 14.4 Å². The average Bonchev–Trinajstić information content (AvgIpc) is 3.35. The molecule has 0 radical (unpaired) electrons. The molecule has 8 heteroatoms. The Morgan fingerprint density at radius 1 is 1.23 bits per heavy atom. The predicted octanol–water partition coefficient (Wildman–Crippen LogP) is 4.22. The van der Waals surface area contributed by atoms with E-state index in [1.54, 1.807) is 35.2 Å². The molecule has 0 aromatic heterocycles. The zero-order valence-electron chi connectivity index (χ0n) is 17.2. The highest BCUT2D eigenvalue weighted by Crippen LogP contribution is 2.37. The van der Waals surface area contributed by atoms with Crippen molar-refractivity contribution in [1.82, 2.24) is 0 Å². The Balaban J connectivity index is 1.59. The lowest BCUT2D eigenvalue weighted by molar-refractivity contribution is -0.130. The van der Waals surface area contributed by atoms with Gasteiger partial charge in [0.05, 0.1) is 18.7 Å². The van der Waals surface area contributed by atoms with Crippen LogP contribution in [0.5, 0.6) is 11.5 Å². The summed E-state index contributed by atoms with van der Waals surface area (Å²) in [4.78, 5) is 30.3. The topological polar surface area (TPSA) is 77.4 Å². The van der Waals surface area contributed by atoms with E-state index >= 15 is 0 Å². The molecule has 7 nitrogen and oxygen atoms in total. The van der Waals surface area contributed by atoms with Crippen LogP contribution in [-0.4, -0.2) is 38.0 Å². The molecule has 0 atom stereocenters. The van der Waals surface area contributed by atoms with Crippen LogP contribution >= 0.6 is 11.6 Å². The molecule has 4 rings (SSSR count). The quantitative estimate of drug-likeness (QED) is 0.496.